The summed E-state index contributed by atoms with van der Waals surface area (Å²) in [7, 11) is 0. The monoisotopic (exact) mass is 328 g/mol. The van der Waals surface area contributed by atoms with Gasteiger partial charge in [0, 0.05) is 24.6 Å². The van der Waals surface area contributed by atoms with Gasteiger partial charge in [0.15, 0.2) is 0 Å². The van der Waals surface area contributed by atoms with Crippen LogP contribution in [-0.2, 0) is 11.2 Å². The molecule has 1 atom stereocenters. The molecule has 0 aliphatic rings. The molecule has 24 heavy (non-hydrogen) atoms. The van der Waals surface area contributed by atoms with Crippen molar-refractivity contribution in [2.45, 2.75) is 25.8 Å². The number of carbonyl (C=O) groups excluding carboxylic acids is 2. The molecule has 126 valence electrons. The Balaban J connectivity index is 1.71. The molecule has 0 fully saturated rings. The van der Waals surface area contributed by atoms with E-state index in [1.165, 1.54) is 12.1 Å². The minimum absolute atomic E-state index is 0.146. The summed E-state index contributed by atoms with van der Waals surface area (Å²) in [5, 5.41) is 5.58. The Morgan fingerprint density at radius 3 is 2.54 bits per heavy atom. The smallest absolute Gasteiger partial charge is 0.251 e. The maximum absolute atomic E-state index is 13.1. The number of amides is 2. The van der Waals surface area contributed by atoms with Gasteiger partial charge in [-0.1, -0.05) is 30.3 Å². The van der Waals surface area contributed by atoms with E-state index in [0.717, 1.165) is 5.56 Å². The van der Waals surface area contributed by atoms with E-state index in [2.05, 4.69) is 10.6 Å². The normalized spacial score (nSPS) is 11.6. The number of hydrogen-bond acceptors (Lipinski definition) is 2. The van der Waals surface area contributed by atoms with Crippen LogP contribution >= 0.6 is 0 Å². The predicted molar refractivity (Wildman–Crippen MR) is 91.1 cm³/mol. The first-order chi connectivity index (χ1) is 11.5. The summed E-state index contributed by atoms with van der Waals surface area (Å²) >= 11 is 0. The fraction of sp³-hybridized carbons (Fsp3) is 0.263. The standard InChI is InChI=1S/C19H21FN2O2/c1-14(22-19(24)16-7-3-2-4-8-16)12-18(23)21-11-10-15-6-5-9-17(20)13-15/h2-9,13-14H,10-12H2,1H3,(H,21,23)(H,22,24). The molecule has 2 N–H and O–H groups in total. The average Bonchev–Trinajstić information content (AvgIpc) is 2.55. The fourth-order valence-electron chi connectivity index (χ4n) is 2.34. The number of rotatable bonds is 7. The van der Waals surface area contributed by atoms with Crippen LogP contribution in [-0.4, -0.2) is 24.4 Å². The number of nitrogens with one attached hydrogen (secondary N) is 2. The van der Waals surface area contributed by atoms with Crippen LogP contribution in [0.2, 0.25) is 0 Å². The molecule has 2 aromatic rings. The zero-order valence-electron chi connectivity index (χ0n) is 13.6. The lowest BCUT2D eigenvalue weighted by molar-refractivity contribution is -0.121. The van der Waals surface area contributed by atoms with E-state index in [1.54, 1.807) is 37.3 Å². The summed E-state index contributed by atoms with van der Waals surface area (Å²) in [4.78, 5) is 23.9. The lowest BCUT2D eigenvalue weighted by atomic mass is 10.1. The lowest BCUT2D eigenvalue weighted by Crippen LogP contribution is -2.37. The first-order valence-electron chi connectivity index (χ1n) is 7.91. The Morgan fingerprint density at radius 1 is 1.08 bits per heavy atom. The van der Waals surface area contributed by atoms with Crippen LogP contribution in [0.1, 0.15) is 29.3 Å². The van der Waals surface area contributed by atoms with Crippen LogP contribution in [0.3, 0.4) is 0 Å². The highest BCUT2D eigenvalue weighted by molar-refractivity contribution is 5.94. The summed E-state index contributed by atoms with van der Waals surface area (Å²) in [5.74, 6) is -0.626. The van der Waals surface area contributed by atoms with Crippen molar-refractivity contribution in [3.05, 3.63) is 71.5 Å². The highest BCUT2D eigenvalue weighted by atomic mass is 19.1. The van der Waals surface area contributed by atoms with Gasteiger partial charge in [-0.25, -0.2) is 4.39 Å². The quantitative estimate of drug-likeness (QED) is 0.821. The van der Waals surface area contributed by atoms with Crippen LogP contribution in [0, 0.1) is 5.82 Å². The van der Waals surface area contributed by atoms with Gasteiger partial charge < -0.3 is 10.6 Å². The molecule has 0 heterocycles. The molecule has 0 radical (unpaired) electrons. The van der Waals surface area contributed by atoms with Crippen molar-refractivity contribution < 1.29 is 14.0 Å². The molecule has 5 heteroatoms. The van der Waals surface area contributed by atoms with Gasteiger partial charge in [0.2, 0.25) is 5.91 Å². The van der Waals surface area contributed by atoms with Crippen molar-refractivity contribution >= 4 is 11.8 Å². The molecule has 0 aliphatic carbocycles. The van der Waals surface area contributed by atoms with Crippen molar-refractivity contribution in [3.8, 4) is 0 Å². The van der Waals surface area contributed by atoms with E-state index < -0.39 is 0 Å². The van der Waals surface area contributed by atoms with Gasteiger partial charge >= 0.3 is 0 Å². The van der Waals surface area contributed by atoms with Gasteiger partial charge in [-0.2, -0.15) is 0 Å². The summed E-state index contributed by atoms with van der Waals surface area (Å²) in [6.45, 7) is 2.22. The predicted octanol–water partition coefficient (Wildman–Crippen LogP) is 2.69. The Hall–Kier alpha value is -2.69. The summed E-state index contributed by atoms with van der Waals surface area (Å²) in [6.07, 6.45) is 0.760. The van der Waals surface area contributed by atoms with E-state index in [0.29, 0.717) is 18.5 Å². The molecular formula is C19H21FN2O2. The molecule has 0 aliphatic heterocycles. The topological polar surface area (TPSA) is 58.2 Å². The average molecular weight is 328 g/mol. The lowest BCUT2D eigenvalue weighted by Gasteiger charge is -2.14. The maximum atomic E-state index is 13.1. The summed E-state index contributed by atoms with van der Waals surface area (Å²) in [6, 6.07) is 14.9. The third-order valence-corrected chi connectivity index (χ3v) is 3.53. The van der Waals surface area contributed by atoms with Crippen molar-refractivity contribution in [3.63, 3.8) is 0 Å². The highest BCUT2D eigenvalue weighted by Crippen LogP contribution is 2.04. The second-order valence-corrected chi connectivity index (χ2v) is 5.67. The third kappa shape index (κ3) is 5.83. The minimum Gasteiger partial charge on any atom is -0.356 e. The van der Waals surface area contributed by atoms with Gasteiger partial charge in [0.25, 0.3) is 5.91 Å². The number of carbonyl (C=O) groups is 2. The van der Waals surface area contributed by atoms with Crippen molar-refractivity contribution in [2.75, 3.05) is 6.54 Å². The van der Waals surface area contributed by atoms with Crippen molar-refractivity contribution in [1.29, 1.82) is 0 Å². The molecule has 0 saturated heterocycles. The molecule has 0 aromatic heterocycles. The van der Waals surface area contributed by atoms with E-state index in [1.807, 2.05) is 12.1 Å². The van der Waals surface area contributed by atoms with Crippen LogP contribution in [0.5, 0.6) is 0 Å². The highest BCUT2D eigenvalue weighted by Gasteiger charge is 2.12. The molecule has 0 spiro atoms. The fourth-order valence-corrected chi connectivity index (χ4v) is 2.34. The van der Waals surface area contributed by atoms with Gasteiger partial charge in [-0.05, 0) is 43.2 Å². The first-order valence-corrected chi connectivity index (χ1v) is 7.91. The number of hydrogen-bond donors (Lipinski definition) is 2. The largest absolute Gasteiger partial charge is 0.356 e. The maximum Gasteiger partial charge on any atom is 0.251 e. The van der Waals surface area contributed by atoms with Crippen LogP contribution in [0.15, 0.2) is 54.6 Å². The molecule has 2 amide bonds. The molecule has 4 nitrogen and oxygen atoms in total. The van der Waals surface area contributed by atoms with Crippen LogP contribution in [0.25, 0.3) is 0 Å². The van der Waals surface area contributed by atoms with Gasteiger partial charge in [-0.3, -0.25) is 9.59 Å². The van der Waals surface area contributed by atoms with Gasteiger partial charge in [0.05, 0.1) is 0 Å². The molecule has 0 bridgehead atoms. The Morgan fingerprint density at radius 2 is 1.83 bits per heavy atom. The zero-order chi connectivity index (χ0) is 17.4. The van der Waals surface area contributed by atoms with E-state index in [-0.39, 0.29) is 30.1 Å². The van der Waals surface area contributed by atoms with Gasteiger partial charge in [0.1, 0.15) is 5.82 Å². The molecule has 2 rings (SSSR count). The van der Waals surface area contributed by atoms with Crippen LogP contribution in [0.4, 0.5) is 4.39 Å². The Bertz CT molecular complexity index is 689. The minimum atomic E-state index is -0.281. The van der Waals surface area contributed by atoms with Crippen LogP contribution < -0.4 is 10.6 Å². The molecule has 1 unspecified atom stereocenters. The Labute approximate surface area is 141 Å². The van der Waals surface area contributed by atoms with E-state index in [4.69, 9.17) is 0 Å². The SMILES string of the molecule is CC(CC(=O)NCCc1cccc(F)c1)NC(=O)c1ccccc1. The van der Waals surface area contributed by atoms with Crippen molar-refractivity contribution in [2.24, 2.45) is 0 Å². The Kier molecular flexibility index (Phi) is 6.49. The molecule has 0 saturated carbocycles. The van der Waals surface area contributed by atoms with Gasteiger partial charge in [-0.15, -0.1) is 0 Å². The molecule has 2 aromatic carbocycles. The number of halogens is 1. The number of benzene rings is 2. The summed E-state index contributed by atoms with van der Waals surface area (Å²) < 4.78 is 13.1. The van der Waals surface area contributed by atoms with E-state index in [9.17, 15) is 14.0 Å². The third-order valence-electron chi connectivity index (χ3n) is 3.53. The second kappa shape index (κ2) is 8.82. The zero-order valence-corrected chi connectivity index (χ0v) is 13.6. The van der Waals surface area contributed by atoms with Crippen molar-refractivity contribution in [1.82, 2.24) is 10.6 Å². The second-order valence-electron chi connectivity index (χ2n) is 5.67. The molecular weight excluding hydrogens is 307 g/mol. The van der Waals surface area contributed by atoms with E-state index >= 15 is 0 Å². The first kappa shape index (κ1) is 17.7. The summed E-state index contributed by atoms with van der Waals surface area (Å²) in [5.41, 5.74) is 1.40.